The summed E-state index contributed by atoms with van der Waals surface area (Å²) in [6, 6.07) is 22.0. The molecule has 1 fully saturated rings. The summed E-state index contributed by atoms with van der Waals surface area (Å²) in [6.45, 7) is 9.93. The van der Waals surface area contributed by atoms with Crippen LogP contribution in [0, 0.1) is 5.41 Å². The van der Waals surface area contributed by atoms with Gasteiger partial charge in [-0.1, -0.05) is 36.8 Å². The predicted molar refractivity (Wildman–Crippen MR) is 156 cm³/mol. The van der Waals surface area contributed by atoms with E-state index in [-0.39, 0.29) is 12.1 Å². The van der Waals surface area contributed by atoms with Crippen LogP contribution < -0.4 is 18.9 Å². The van der Waals surface area contributed by atoms with Crippen molar-refractivity contribution < 1.29 is 23.7 Å². The van der Waals surface area contributed by atoms with E-state index in [4.69, 9.17) is 18.9 Å². The van der Waals surface area contributed by atoms with Crippen LogP contribution in [0.1, 0.15) is 62.8 Å². The molecule has 0 bridgehead atoms. The van der Waals surface area contributed by atoms with Gasteiger partial charge >= 0.3 is 5.97 Å². The van der Waals surface area contributed by atoms with Crippen LogP contribution in [0.3, 0.4) is 0 Å². The minimum absolute atomic E-state index is 0.283. The highest BCUT2D eigenvalue weighted by Crippen LogP contribution is 2.51. The van der Waals surface area contributed by atoms with Crippen molar-refractivity contribution in [3.05, 3.63) is 83.4 Å². The Kier molecular flexibility index (Phi) is 7.28. The van der Waals surface area contributed by atoms with Crippen LogP contribution in [0.4, 0.5) is 0 Å². The largest absolute Gasteiger partial charge is 0.492 e. The second kappa shape index (κ2) is 11.0. The molecule has 0 spiro atoms. The molecule has 1 unspecified atom stereocenters. The third kappa shape index (κ3) is 5.46. The lowest BCUT2D eigenvalue weighted by Crippen LogP contribution is -2.33. The van der Waals surface area contributed by atoms with Crippen molar-refractivity contribution in [2.24, 2.45) is 5.41 Å². The van der Waals surface area contributed by atoms with Crippen LogP contribution in [0.5, 0.6) is 23.0 Å². The zero-order valence-corrected chi connectivity index (χ0v) is 23.6. The summed E-state index contributed by atoms with van der Waals surface area (Å²) in [5.41, 5.74) is 4.62. The van der Waals surface area contributed by atoms with E-state index in [1.54, 1.807) is 6.07 Å². The highest BCUT2D eigenvalue weighted by molar-refractivity contribution is 5.99. The molecule has 0 amide bonds. The Morgan fingerprint density at radius 2 is 1.65 bits per heavy atom. The van der Waals surface area contributed by atoms with Crippen molar-refractivity contribution in [2.45, 2.75) is 46.1 Å². The van der Waals surface area contributed by atoms with Crippen molar-refractivity contribution in [3.8, 4) is 23.0 Å². The highest BCUT2D eigenvalue weighted by Gasteiger charge is 2.35. The van der Waals surface area contributed by atoms with E-state index in [9.17, 15) is 4.79 Å². The Hall–Kier alpha value is -3.77. The fourth-order valence-corrected chi connectivity index (χ4v) is 5.53. The second-order valence-corrected chi connectivity index (χ2v) is 11.8. The molecule has 6 heteroatoms. The fourth-order valence-electron chi connectivity index (χ4n) is 5.53. The first kappa shape index (κ1) is 26.5. The maximum atomic E-state index is 12.5. The van der Waals surface area contributed by atoms with Crippen LogP contribution in [-0.4, -0.2) is 43.7 Å². The fraction of sp³-hybridized carbons (Fsp3) is 0.382. The number of nitrogens with zero attached hydrogens (tertiary/aromatic N) is 1. The van der Waals surface area contributed by atoms with E-state index >= 15 is 0 Å². The first-order chi connectivity index (χ1) is 19.4. The molecule has 3 aliphatic heterocycles. The molecule has 1 atom stereocenters. The number of benzene rings is 3. The minimum atomic E-state index is -0.595. The average Bonchev–Trinajstić information content (AvgIpc) is 2.97. The number of para-hydroxylation sites is 1. The molecule has 0 saturated carbocycles. The van der Waals surface area contributed by atoms with Crippen LogP contribution in [0.2, 0.25) is 0 Å². The molecular weight excluding hydrogens is 502 g/mol. The molecule has 40 heavy (non-hydrogen) atoms. The summed E-state index contributed by atoms with van der Waals surface area (Å²) < 4.78 is 24.6. The van der Waals surface area contributed by atoms with E-state index in [0.717, 1.165) is 45.9 Å². The molecule has 6 nitrogen and oxygen atoms in total. The number of hydrogen-bond donors (Lipinski definition) is 0. The number of carbonyl (C=O) groups is 1. The molecule has 3 aromatic carbocycles. The van der Waals surface area contributed by atoms with Gasteiger partial charge in [-0.25, -0.2) is 0 Å². The number of fused-ring (bicyclic) bond motifs is 4. The van der Waals surface area contributed by atoms with Gasteiger partial charge < -0.3 is 18.9 Å². The van der Waals surface area contributed by atoms with Crippen LogP contribution in [0.15, 0.2) is 66.7 Å². The van der Waals surface area contributed by atoms with Gasteiger partial charge in [0.25, 0.3) is 0 Å². The zero-order valence-electron chi connectivity index (χ0n) is 23.6. The summed E-state index contributed by atoms with van der Waals surface area (Å²) in [5, 5.41) is 0. The number of ether oxygens (including phenoxy) is 4. The van der Waals surface area contributed by atoms with Crippen LogP contribution in [0.25, 0.3) is 11.1 Å². The summed E-state index contributed by atoms with van der Waals surface area (Å²) in [5.74, 6) is 2.58. The average molecular weight is 540 g/mol. The molecule has 0 aromatic heterocycles. The number of likely N-dealkylation sites (tertiary alicyclic amines) is 1. The van der Waals surface area contributed by atoms with Gasteiger partial charge in [-0.15, -0.1) is 0 Å². The van der Waals surface area contributed by atoms with Gasteiger partial charge in [0.1, 0.15) is 36.2 Å². The number of hydrogen-bond acceptors (Lipinski definition) is 6. The molecule has 208 valence electrons. The minimum Gasteiger partial charge on any atom is -0.492 e. The molecule has 0 radical (unpaired) electrons. The molecule has 3 heterocycles. The Bertz CT molecular complexity index is 1410. The van der Waals surface area contributed by atoms with Crippen molar-refractivity contribution in [2.75, 3.05) is 32.8 Å². The van der Waals surface area contributed by atoms with Gasteiger partial charge in [0.2, 0.25) is 0 Å². The lowest BCUT2D eigenvalue weighted by Gasteiger charge is -2.35. The van der Waals surface area contributed by atoms with Crippen molar-refractivity contribution in [3.63, 3.8) is 0 Å². The van der Waals surface area contributed by atoms with Crippen molar-refractivity contribution in [1.29, 1.82) is 0 Å². The monoisotopic (exact) mass is 539 g/mol. The first-order valence-corrected chi connectivity index (χ1v) is 14.3. The Morgan fingerprint density at radius 3 is 2.42 bits per heavy atom. The molecule has 0 aliphatic carbocycles. The lowest BCUT2D eigenvalue weighted by molar-refractivity contribution is -0.143. The number of piperidine rings is 1. The van der Waals surface area contributed by atoms with Crippen molar-refractivity contribution in [1.82, 2.24) is 4.90 Å². The third-order valence-corrected chi connectivity index (χ3v) is 7.79. The van der Waals surface area contributed by atoms with E-state index in [2.05, 4.69) is 23.1 Å². The Morgan fingerprint density at radius 1 is 0.900 bits per heavy atom. The maximum absolute atomic E-state index is 12.5. The van der Waals surface area contributed by atoms with Crippen LogP contribution in [-0.2, 0) is 4.79 Å². The normalized spacial score (nSPS) is 18.5. The zero-order chi connectivity index (χ0) is 27.7. The summed E-state index contributed by atoms with van der Waals surface area (Å²) in [6.07, 6.45) is 3.61. The lowest BCUT2D eigenvalue weighted by atomic mass is 9.84. The third-order valence-electron chi connectivity index (χ3n) is 7.79. The standard InChI is InChI=1S/C34H37NO5/c1-34(2,3)33(36)39-25-15-16-27-30(21-25)38-22-28-26-9-5-6-10-29(26)40-32(31(27)28)23-11-13-24(14-12-23)37-20-19-35-17-7-4-8-18-35/h5-6,9-16,21,32H,4,7-8,17-20,22H2,1-3H3. The number of esters is 1. The summed E-state index contributed by atoms with van der Waals surface area (Å²) in [7, 11) is 0. The predicted octanol–water partition coefficient (Wildman–Crippen LogP) is 6.94. The maximum Gasteiger partial charge on any atom is 0.316 e. The molecule has 0 N–H and O–H groups in total. The van der Waals surface area contributed by atoms with Gasteiger partial charge in [0.15, 0.2) is 6.10 Å². The molecule has 6 rings (SSSR count). The van der Waals surface area contributed by atoms with E-state index in [0.29, 0.717) is 24.7 Å². The van der Waals surface area contributed by atoms with Crippen molar-refractivity contribution >= 4 is 17.1 Å². The molecule has 3 aliphatic rings. The second-order valence-electron chi connectivity index (χ2n) is 11.8. The Labute approximate surface area is 236 Å². The summed E-state index contributed by atoms with van der Waals surface area (Å²) in [4.78, 5) is 15.0. The van der Waals surface area contributed by atoms with Gasteiger partial charge in [0, 0.05) is 34.9 Å². The highest BCUT2D eigenvalue weighted by atomic mass is 16.5. The van der Waals surface area contributed by atoms with Gasteiger partial charge in [-0.3, -0.25) is 9.69 Å². The number of rotatable bonds is 6. The summed E-state index contributed by atoms with van der Waals surface area (Å²) >= 11 is 0. The number of carbonyl (C=O) groups excluding carboxylic acids is 1. The molecule has 3 aromatic rings. The van der Waals surface area contributed by atoms with E-state index in [1.807, 2.05) is 63.2 Å². The van der Waals surface area contributed by atoms with Gasteiger partial charge in [-0.2, -0.15) is 0 Å². The SMILES string of the molecule is CC(C)(C)C(=O)Oc1ccc2c(c1)OCC1=C2C(c2ccc(OCCN3CCCCC3)cc2)Oc2ccccc21. The van der Waals surface area contributed by atoms with E-state index < -0.39 is 5.41 Å². The smallest absolute Gasteiger partial charge is 0.316 e. The van der Waals surface area contributed by atoms with Crippen LogP contribution >= 0.6 is 0 Å². The topological polar surface area (TPSA) is 57.2 Å². The Balaban J connectivity index is 1.26. The first-order valence-electron chi connectivity index (χ1n) is 14.3. The van der Waals surface area contributed by atoms with E-state index in [1.165, 1.54) is 32.4 Å². The molecular formula is C34H37NO5. The van der Waals surface area contributed by atoms with Gasteiger partial charge in [0.05, 0.1) is 5.41 Å². The molecule has 1 saturated heterocycles. The van der Waals surface area contributed by atoms with Gasteiger partial charge in [-0.05, 0) is 82.6 Å². The quantitative estimate of drug-likeness (QED) is 0.250.